The van der Waals surface area contributed by atoms with E-state index in [9.17, 15) is 9.59 Å². The van der Waals surface area contributed by atoms with Gasteiger partial charge in [-0.15, -0.1) is 5.10 Å². The van der Waals surface area contributed by atoms with Crippen LogP contribution in [0, 0.1) is 0 Å². The molecule has 0 saturated carbocycles. The molecule has 2 heterocycles. The van der Waals surface area contributed by atoms with E-state index < -0.39 is 0 Å². The van der Waals surface area contributed by atoms with Crippen LogP contribution in [0.15, 0.2) is 0 Å². The van der Waals surface area contributed by atoms with E-state index in [2.05, 4.69) is 15.0 Å². The Kier molecular flexibility index (Phi) is 3.64. The summed E-state index contributed by atoms with van der Waals surface area (Å²) in [5.41, 5.74) is 2.98. The molecule has 17 heavy (non-hydrogen) atoms. The first-order valence-corrected chi connectivity index (χ1v) is 6.10. The van der Waals surface area contributed by atoms with Crippen molar-refractivity contribution in [1.29, 1.82) is 0 Å². The van der Waals surface area contributed by atoms with Crippen LogP contribution in [0.3, 0.4) is 0 Å². The summed E-state index contributed by atoms with van der Waals surface area (Å²) in [4.78, 5) is 24.8. The predicted octanol–water partition coefficient (Wildman–Crippen LogP) is 0.253. The average molecular weight is 255 g/mol. The van der Waals surface area contributed by atoms with Crippen LogP contribution in [0.25, 0.3) is 0 Å². The number of hydrazine groups is 1. The van der Waals surface area contributed by atoms with Gasteiger partial charge in [0.1, 0.15) is 10.7 Å². The second-order valence-electron chi connectivity index (χ2n) is 3.77. The van der Waals surface area contributed by atoms with Crippen molar-refractivity contribution < 1.29 is 9.59 Å². The number of hydrogen-bond acceptors (Lipinski definition) is 7. The number of carbonyl (C=O) groups is 2. The van der Waals surface area contributed by atoms with Gasteiger partial charge in [-0.2, -0.15) is 0 Å². The molecular formula is C9H13N5O2S. The van der Waals surface area contributed by atoms with E-state index in [1.54, 1.807) is 0 Å². The van der Waals surface area contributed by atoms with Gasteiger partial charge in [-0.25, -0.2) is 5.84 Å². The molecule has 1 aromatic heterocycles. The Bertz CT molecular complexity index is 415. The highest BCUT2D eigenvalue weighted by Gasteiger charge is 2.25. The molecule has 0 aliphatic carbocycles. The van der Waals surface area contributed by atoms with E-state index in [4.69, 9.17) is 5.84 Å². The number of nitrogens with one attached hydrogen (secondary N) is 1. The third kappa shape index (κ3) is 2.59. The number of nitrogens with zero attached hydrogens (tertiary/aromatic N) is 3. The van der Waals surface area contributed by atoms with Gasteiger partial charge in [0.05, 0.1) is 6.54 Å². The lowest BCUT2D eigenvalue weighted by Crippen LogP contribution is -2.34. The van der Waals surface area contributed by atoms with Gasteiger partial charge in [0, 0.05) is 24.4 Å². The zero-order valence-corrected chi connectivity index (χ0v) is 10.00. The van der Waals surface area contributed by atoms with Crippen LogP contribution in [0.5, 0.6) is 0 Å². The molecular weight excluding hydrogens is 242 g/mol. The summed E-state index contributed by atoms with van der Waals surface area (Å²) in [6, 6.07) is 0. The Morgan fingerprint density at radius 2 is 1.94 bits per heavy atom. The molecule has 0 aromatic carbocycles. The third-order valence-electron chi connectivity index (χ3n) is 2.63. The molecule has 1 aliphatic heterocycles. The molecule has 1 aliphatic rings. The molecule has 1 saturated heterocycles. The largest absolute Gasteiger partial charge is 0.313 e. The van der Waals surface area contributed by atoms with Crippen LogP contribution in [0.2, 0.25) is 0 Å². The second kappa shape index (κ2) is 5.19. The maximum absolute atomic E-state index is 11.8. The minimum atomic E-state index is -0.150. The summed E-state index contributed by atoms with van der Waals surface area (Å²) in [7, 11) is 0. The van der Waals surface area contributed by atoms with Gasteiger partial charge in [0.2, 0.25) is 11.8 Å². The molecule has 0 atom stereocenters. The fourth-order valence-corrected chi connectivity index (χ4v) is 2.19. The second-order valence-corrected chi connectivity index (χ2v) is 4.53. The first-order valence-electron chi connectivity index (χ1n) is 5.33. The van der Waals surface area contributed by atoms with E-state index in [-0.39, 0.29) is 18.4 Å². The summed E-state index contributed by atoms with van der Waals surface area (Å²) >= 11 is 1.10. The van der Waals surface area contributed by atoms with Gasteiger partial charge in [-0.3, -0.25) is 14.5 Å². The number of carbonyl (C=O) groups excluding carboxylic acids is 2. The number of likely N-dealkylation sites (tertiary alicyclic amines) is 1. The fraction of sp³-hybridized carbons (Fsp3) is 0.556. The Balaban J connectivity index is 2.15. The molecule has 0 radical (unpaired) electrons. The van der Waals surface area contributed by atoms with E-state index in [0.29, 0.717) is 23.5 Å². The number of hydrogen-bond donors (Lipinski definition) is 2. The van der Waals surface area contributed by atoms with Crippen LogP contribution in [0.1, 0.15) is 31.4 Å². The van der Waals surface area contributed by atoms with Gasteiger partial charge in [0.25, 0.3) is 0 Å². The van der Waals surface area contributed by atoms with Crippen molar-refractivity contribution in [1.82, 2.24) is 14.5 Å². The monoisotopic (exact) mass is 255 g/mol. The lowest BCUT2D eigenvalue weighted by Gasteiger charge is -2.17. The molecule has 1 fully saturated rings. The number of imide groups is 1. The van der Waals surface area contributed by atoms with Crippen LogP contribution >= 0.6 is 11.5 Å². The molecule has 7 nitrogen and oxygen atoms in total. The Morgan fingerprint density at radius 3 is 2.53 bits per heavy atom. The highest BCUT2D eigenvalue weighted by molar-refractivity contribution is 7.10. The lowest BCUT2D eigenvalue weighted by atomic mass is 10.2. The normalized spacial score (nSPS) is 17.1. The van der Waals surface area contributed by atoms with Crippen LogP contribution in [-0.4, -0.2) is 26.3 Å². The highest BCUT2D eigenvalue weighted by Crippen LogP contribution is 2.21. The summed E-state index contributed by atoms with van der Waals surface area (Å²) in [6.07, 6.45) is 2.35. The first kappa shape index (κ1) is 11.9. The smallest absolute Gasteiger partial charge is 0.229 e. The molecule has 8 heteroatoms. The van der Waals surface area contributed by atoms with Crippen molar-refractivity contribution in [3.05, 3.63) is 5.69 Å². The Morgan fingerprint density at radius 1 is 1.29 bits per heavy atom. The third-order valence-corrected chi connectivity index (χ3v) is 3.33. The zero-order valence-electron chi connectivity index (χ0n) is 9.18. The average Bonchev–Trinajstić information content (AvgIpc) is 2.71. The number of rotatable bonds is 3. The summed E-state index contributed by atoms with van der Waals surface area (Å²) in [5.74, 6) is 4.99. The number of aromatic nitrogens is 2. The van der Waals surface area contributed by atoms with Crippen molar-refractivity contribution in [3.8, 4) is 0 Å². The van der Waals surface area contributed by atoms with Crippen molar-refractivity contribution in [3.63, 3.8) is 0 Å². The standard InChI is InChI=1S/C9H13N5O2S/c10-11-9-6(12-13-17-9)5-14-7(15)3-1-2-4-8(14)16/h11H,1-5,10H2. The van der Waals surface area contributed by atoms with E-state index >= 15 is 0 Å². The molecule has 2 amide bonds. The highest BCUT2D eigenvalue weighted by atomic mass is 32.1. The van der Waals surface area contributed by atoms with Gasteiger partial charge in [-0.1, -0.05) is 4.49 Å². The minimum absolute atomic E-state index is 0.147. The van der Waals surface area contributed by atoms with Crippen LogP contribution in [-0.2, 0) is 16.1 Å². The zero-order chi connectivity index (χ0) is 12.3. The van der Waals surface area contributed by atoms with Crippen LogP contribution in [0.4, 0.5) is 5.00 Å². The Hall–Kier alpha value is -1.54. The quantitative estimate of drug-likeness (QED) is 0.456. The lowest BCUT2D eigenvalue weighted by molar-refractivity contribution is -0.144. The van der Waals surface area contributed by atoms with Crippen molar-refractivity contribution in [2.75, 3.05) is 5.43 Å². The molecule has 0 spiro atoms. The maximum atomic E-state index is 11.8. The summed E-state index contributed by atoms with van der Waals surface area (Å²) in [6.45, 7) is 0.147. The van der Waals surface area contributed by atoms with E-state index in [1.807, 2.05) is 0 Å². The SMILES string of the molecule is NNc1snnc1CN1C(=O)CCCCC1=O. The van der Waals surface area contributed by atoms with Gasteiger partial charge in [-0.05, 0) is 12.8 Å². The number of anilines is 1. The molecule has 92 valence electrons. The van der Waals surface area contributed by atoms with Crippen molar-refractivity contribution >= 4 is 28.3 Å². The first-order chi connectivity index (χ1) is 8.22. The van der Waals surface area contributed by atoms with Gasteiger partial charge in [0.15, 0.2) is 0 Å². The van der Waals surface area contributed by atoms with E-state index in [0.717, 1.165) is 24.4 Å². The number of amides is 2. The maximum Gasteiger partial charge on any atom is 0.229 e. The van der Waals surface area contributed by atoms with Gasteiger partial charge < -0.3 is 5.43 Å². The molecule has 2 rings (SSSR count). The summed E-state index contributed by atoms with van der Waals surface area (Å²) < 4.78 is 3.73. The minimum Gasteiger partial charge on any atom is -0.313 e. The number of nitrogens with two attached hydrogens (primary N) is 1. The molecule has 0 bridgehead atoms. The predicted molar refractivity (Wildman–Crippen MR) is 61.7 cm³/mol. The van der Waals surface area contributed by atoms with Crippen molar-refractivity contribution in [2.45, 2.75) is 32.2 Å². The fourth-order valence-electron chi connectivity index (χ4n) is 1.71. The van der Waals surface area contributed by atoms with Gasteiger partial charge >= 0.3 is 0 Å². The molecule has 3 N–H and O–H groups in total. The molecule has 0 unspecified atom stereocenters. The van der Waals surface area contributed by atoms with Crippen LogP contribution < -0.4 is 11.3 Å². The summed E-state index contributed by atoms with van der Waals surface area (Å²) in [5, 5.41) is 4.44. The number of nitrogen functional groups attached to an aromatic ring is 1. The van der Waals surface area contributed by atoms with E-state index in [1.165, 1.54) is 4.90 Å². The van der Waals surface area contributed by atoms with Crippen molar-refractivity contribution in [2.24, 2.45) is 5.84 Å². The topological polar surface area (TPSA) is 101 Å². The molecule has 1 aromatic rings. The Labute approximate surface area is 102 Å².